The summed E-state index contributed by atoms with van der Waals surface area (Å²) in [5, 5.41) is 13.3. The smallest absolute Gasteiger partial charge is 0.252 e. The predicted octanol–water partition coefficient (Wildman–Crippen LogP) is 4.43. The molecule has 1 N–H and O–H groups in total. The zero-order valence-electron chi connectivity index (χ0n) is 12.9. The molecule has 2 aromatic heterocycles. The molecule has 0 fully saturated rings. The molecule has 3 aromatic rings. The van der Waals surface area contributed by atoms with Crippen molar-refractivity contribution in [2.24, 2.45) is 0 Å². The van der Waals surface area contributed by atoms with E-state index in [0.717, 1.165) is 15.0 Å². The summed E-state index contributed by atoms with van der Waals surface area (Å²) in [6.45, 7) is 0.612. The highest BCUT2D eigenvalue weighted by atomic mass is 79.9. The lowest BCUT2D eigenvalue weighted by atomic mass is 10.2. The molecule has 1 aromatic carbocycles. The lowest BCUT2D eigenvalue weighted by Gasteiger charge is -2.08. The summed E-state index contributed by atoms with van der Waals surface area (Å²) in [7, 11) is 0. The Balaban J connectivity index is 1.48. The number of ether oxygens (including phenoxy) is 1. The van der Waals surface area contributed by atoms with Crippen LogP contribution >= 0.6 is 38.9 Å². The SMILES string of the molecule is O=C(NCCOc1ccc(-c2cccs2)nn1)c1cc(Br)ccc1Cl. The van der Waals surface area contributed by atoms with Gasteiger partial charge in [0.05, 0.1) is 22.0 Å². The van der Waals surface area contributed by atoms with Crippen LogP contribution in [0.4, 0.5) is 0 Å². The average molecular weight is 439 g/mol. The van der Waals surface area contributed by atoms with Gasteiger partial charge in [-0.1, -0.05) is 33.6 Å². The van der Waals surface area contributed by atoms with Crippen LogP contribution < -0.4 is 10.1 Å². The fraction of sp³-hybridized carbons (Fsp3) is 0.118. The maximum absolute atomic E-state index is 12.1. The van der Waals surface area contributed by atoms with Crippen LogP contribution in [-0.2, 0) is 0 Å². The van der Waals surface area contributed by atoms with E-state index in [4.69, 9.17) is 16.3 Å². The van der Waals surface area contributed by atoms with Crippen molar-refractivity contribution in [3.63, 3.8) is 0 Å². The third-order valence-corrected chi connectivity index (χ3v) is 4.94. The van der Waals surface area contributed by atoms with Gasteiger partial charge in [-0.3, -0.25) is 4.79 Å². The van der Waals surface area contributed by atoms with Gasteiger partial charge in [-0.15, -0.1) is 21.5 Å². The third-order valence-electron chi connectivity index (χ3n) is 3.22. The molecule has 1 amide bonds. The number of aromatic nitrogens is 2. The molecule has 128 valence electrons. The second kappa shape index (κ2) is 8.42. The molecule has 3 rings (SSSR count). The quantitative estimate of drug-likeness (QED) is 0.578. The largest absolute Gasteiger partial charge is 0.475 e. The summed E-state index contributed by atoms with van der Waals surface area (Å²) in [5.41, 5.74) is 1.22. The van der Waals surface area contributed by atoms with Crippen molar-refractivity contribution in [2.45, 2.75) is 0 Å². The van der Waals surface area contributed by atoms with Crippen molar-refractivity contribution in [2.75, 3.05) is 13.2 Å². The first-order chi connectivity index (χ1) is 12.1. The van der Waals surface area contributed by atoms with Gasteiger partial charge in [0.15, 0.2) is 0 Å². The molecule has 25 heavy (non-hydrogen) atoms. The van der Waals surface area contributed by atoms with E-state index in [1.165, 1.54) is 0 Å². The van der Waals surface area contributed by atoms with Gasteiger partial charge in [0.1, 0.15) is 12.3 Å². The summed E-state index contributed by atoms with van der Waals surface area (Å²) in [6.07, 6.45) is 0. The Morgan fingerprint density at radius 1 is 1.24 bits per heavy atom. The number of carbonyl (C=O) groups excluding carboxylic acids is 1. The Kier molecular flexibility index (Phi) is 6.01. The van der Waals surface area contributed by atoms with Gasteiger partial charge >= 0.3 is 0 Å². The first-order valence-electron chi connectivity index (χ1n) is 7.37. The van der Waals surface area contributed by atoms with E-state index in [-0.39, 0.29) is 12.5 Å². The summed E-state index contributed by atoms with van der Waals surface area (Å²) < 4.78 is 6.28. The highest BCUT2D eigenvalue weighted by molar-refractivity contribution is 9.10. The fourth-order valence-corrected chi connectivity index (χ4v) is 3.29. The van der Waals surface area contributed by atoms with E-state index in [1.807, 2.05) is 23.6 Å². The molecule has 0 atom stereocenters. The van der Waals surface area contributed by atoms with Crippen molar-refractivity contribution in [3.05, 3.63) is 62.9 Å². The van der Waals surface area contributed by atoms with Gasteiger partial charge in [0, 0.05) is 10.5 Å². The first-order valence-corrected chi connectivity index (χ1v) is 9.42. The first kappa shape index (κ1) is 17.8. The lowest BCUT2D eigenvalue weighted by Crippen LogP contribution is -2.28. The van der Waals surface area contributed by atoms with Crippen LogP contribution in [0.25, 0.3) is 10.6 Å². The third kappa shape index (κ3) is 4.78. The normalized spacial score (nSPS) is 10.5. The number of thiophene rings is 1. The lowest BCUT2D eigenvalue weighted by molar-refractivity contribution is 0.0946. The number of benzene rings is 1. The number of halogens is 2. The zero-order valence-corrected chi connectivity index (χ0v) is 16.1. The minimum Gasteiger partial charge on any atom is -0.475 e. The average Bonchev–Trinajstić information content (AvgIpc) is 3.16. The van der Waals surface area contributed by atoms with Gasteiger partial charge in [0.2, 0.25) is 5.88 Å². The Bertz CT molecular complexity index is 857. The zero-order chi connectivity index (χ0) is 17.6. The minimum atomic E-state index is -0.256. The van der Waals surface area contributed by atoms with Crippen molar-refractivity contribution >= 4 is 44.8 Å². The fourth-order valence-electron chi connectivity index (χ4n) is 2.04. The standard InChI is InChI=1S/C17H13BrClN3O2S/c18-11-3-4-13(19)12(10-11)17(23)20-7-8-24-16-6-5-14(21-22-16)15-2-1-9-25-15/h1-6,9-10H,7-8H2,(H,20,23). The molecule has 8 heteroatoms. The Labute approximate surface area is 162 Å². The molecule has 0 aliphatic rings. The molecule has 0 radical (unpaired) electrons. The van der Waals surface area contributed by atoms with E-state index in [1.54, 1.807) is 35.6 Å². The van der Waals surface area contributed by atoms with Crippen molar-refractivity contribution in [3.8, 4) is 16.5 Å². The number of hydrogen-bond donors (Lipinski definition) is 1. The predicted molar refractivity (Wildman–Crippen MR) is 102 cm³/mol. The van der Waals surface area contributed by atoms with E-state index in [2.05, 4.69) is 31.4 Å². The van der Waals surface area contributed by atoms with Crippen molar-refractivity contribution in [1.82, 2.24) is 15.5 Å². The second-order valence-electron chi connectivity index (χ2n) is 4.96. The van der Waals surface area contributed by atoms with E-state index >= 15 is 0 Å². The Morgan fingerprint density at radius 2 is 2.12 bits per heavy atom. The highest BCUT2D eigenvalue weighted by Crippen LogP contribution is 2.23. The number of rotatable bonds is 6. The van der Waals surface area contributed by atoms with Crippen molar-refractivity contribution < 1.29 is 9.53 Å². The van der Waals surface area contributed by atoms with Gasteiger partial charge in [-0.05, 0) is 35.7 Å². The summed E-state index contributed by atoms with van der Waals surface area (Å²) in [5.74, 6) is 0.157. The van der Waals surface area contributed by atoms with Gasteiger partial charge in [0.25, 0.3) is 5.91 Å². The van der Waals surface area contributed by atoms with E-state index < -0.39 is 0 Å². The van der Waals surface area contributed by atoms with Crippen LogP contribution in [0.15, 0.2) is 52.3 Å². The van der Waals surface area contributed by atoms with E-state index in [9.17, 15) is 4.79 Å². The number of amides is 1. The molecule has 0 unspecified atom stereocenters. The van der Waals surface area contributed by atoms with Crippen LogP contribution in [0.3, 0.4) is 0 Å². The molecule has 0 spiro atoms. The summed E-state index contributed by atoms with van der Waals surface area (Å²) >= 11 is 10.9. The van der Waals surface area contributed by atoms with Gasteiger partial charge in [-0.2, -0.15) is 0 Å². The minimum absolute atomic E-state index is 0.256. The summed E-state index contributed by atoms with van der Waals surface area (Å²) in [6, 6.07) is 12.7. The Morgan fingerprint density at radius 3 is 2.84 bits per heavy atom. The van der Waals surface area contributed by atoms with E-state index in [0.29, 0.717) is 23.0 Å². The monoisotopic (exact) mass is 437 g/mol. The maximum atomic E-state index is 12.1. The molecule has 0 bridgehead atoms. The second-order valence-corrected chi connectivity index (χ2v) is 7.23. The van der Waals surface area contributed by atoms with Crippen LogP contribution in [0.1, 0.15) is 10.4 Å². The number of hydrogen-bond acceptors (Lipinski definition) is 5. The molecular formula is C17H13BrClN3O2S. The topological polar surface area (TPSA) is 64.1 Å². The molecule has 0 saturated carbocycles. The van der Waals surface area contributed by atoms with Crippen molar-refractivity contribution in [1.29, 1.82) is 0 Å². The van der Waals surface area contributed by atoms with Gasteiger partial charge in [-0.25, -0.2) is 0 Å². The van der Waals surface area contributed by atoms with Crippen LogP contribution in [0, 0.1) is 0 Å². The molecular weight excluding hydrogens is 426 g/mol. The molecule has 0 aliphatic heterocycles. The molecule has 0 saturated heterocycles. The van der Waals surface area contributed by atoms with Crippen LogP contribution in [0.2, 0.25) is 5.02 Å². The molecule has 0 aliphatic carbocycles. The molecule has 2 heterocycles. The number of nitrogens with one attached hydrogen (secondary N) is 1. The summed E-state index contributed by atoms with van der Waals surface area (Å²) in [4.78, 5) is 13.2. The molecule has 5 nitrogen and oxygen atoms in total. The maximum Gasteiger partial charge on any atom is 0.252 e. The highest BCUT2D eigenvalue weighted by Gasteiger charge is 2.10. The Hall–Kier alpha value is -1.96. The van der Waals surface area contributed by atoms with Gasteiger partial charge < -0.3 is 10.1 Å². The van der Waals surface area contributed by atoms with Crippen LogP contribution in [0.5, 0.6) is 5.88 Å². The number of carbonyl (C=O) groups is 1. The number of nitrogens with zero attached hydrogens (tertiary/aromatic N) is 2. The van der Waals surface area contributed by atoms with Crippen LogP contribution in [-0.4, -0.2) is 29.3 Å².